The van der Waals surface area contributed by atoms with Crippen LogP contribution in [0.2, 0.25) is 10.0 Å². The maximum atomic E-state index is 12.8. The van der Waals surface area contributed by atoms with E-state index in [9.17, 15) is 14.7 Å². The maximum Gasteiger partial charge on any atom is 0.261 e. The molecule has 0 fully saturated rings. The molecular formula is C18H15Cl2NO3. The molecule has 3 rings (SSSR count). The first kappa shape index (κ1) is 17.0. The minimum Gasteiger partial charge on any atom is -0.375 e. The maximum absolute atomic E-state index is 12.8. The summed E-state index contributed by atoms with van der Waals surface area (Å²) >= 11 is 11.9. The molecule has 6 heteroatoms. The van der Waals surface area contributed by atoms with Crippen molar-refractivity contribution in [2.75, 3.05) is 5.32 Å². The summed E-state index contributed by atoms with van der Waals surface area (Å²) in [6, 6.07) is 9.54. The summed E-state index contributed by atoms with van der Waals surface area (Å²) in [5.41, 5.74) is -0.0370. The van der Waals surface area contributed by atoms with Gasteiger partial charge >= 0.3 is 0 Å². The number of Topliss-reactive ketones (excluding diaryl/α,β-unsaturated/α-hetero) is 1. The van der Waals surface area contributed by atoms with Gasteiger partial charge in [0.2, 0.25) is 0 Å². The van der Waals surface area contributed by atoms with Gasteiger partial charge < -0.3 is 10.4 Å². The molecule has 124 valence electrons. The van der Waals surface area contributed by atoms with Crippen molar-refractivity contribution in [1.82, 2.24) is 0 Å². The van der Waals surface area contributed by atoms with Crippen LogP contribution in [0.1, 0.15) is 28.4 Å². The first-order valence-corrected chi connectivity index (χ1v) is 8.15. The molecule has 2 aromatic rings. The molecule has 0 aliphatic carbocycles. The van der Waals surface area contributed by atoms with Crippen molar-refractivity contribution in [2.45, 2.75) is 19.4 Å². The lowest BCUT2D eigenvalue weighted by molar-refractivity contribution is -0.137. The average Bonchev–Trinajstić information content (AvgIpc) is 2.80. The smallest absolute Gasteiger partial charge is 0.261 e. The zero-order chi connectivity index (χ0) is 17.6. The molecule has 4 nitrogen and oxygen atoms in total. The minimum absolute atomic E-state index is 0.326. The first-order valence-electron chi connectivity index (χ1n) is 7.39. The Balaban J connectivity index is 2.06. The number of aryl methyl sites for hydroxylation is 1. The van der Waals surface area contributed by atoms with Gasteiger partial charge in [0.25, 0.3) is 5.91 Å². The van der Waals surface area contributed by atoms with E-state index in [4.69, 9.17) is 23.2 Å². The number of fused-ring (bicyclic) bond motifs is 1. The van der Waals surface area contributed by atoms with Gasteiger partial charge in [0.1, 0.15) is 0 Å². The highest BCUT2D eigenvalue weighted by atomic mass is 35.5. The molecule has 0 saturated carbocycles. The number of nitrogens with one attached hydrogen (secondary N) is 1. The van der Waals surface area contributed by atoms with E-state index in [1.165, 1.54) is 13.0 Å². The first-order chi connectivity index (χ1) is 11.2. The molecule has 2 N–H and O–H groups in total. The predicted molar refractivity (Wildman–Crippen MR) is 93.7 cm³/mol. The number of benzene rings is 2. The van der Waals surface area contributed by atoms with E-state index in [1.807, 2.05) is 0 Å². The van der Waals surface area contributed by atoms with Crippen molar-refractivity contribution in [3.05, 3.63) is 63.1 Å². The van der Waals surface area contributed by atoms with Crippen LogP contribution in [0.15, 0.2) is 36.4 Å². The second-order valence-electron chi connectivity index (χ2n) is 5.96. The summed E-state index contributed by atoms with van der Waals surface area (Å²) in [5.74, 6) is -1.97. The van der Waals surface area contributed by atoms with E-state index in [2.05, 4.69) is 5.32 Å². The van der Waals surface area contributed by atoms with Gasteiger partial charge in [0.05, 0.1) is 11.6 Å². The third kappa shape index (κ3) is 2.51. The van der Waals surface area contributed by atoms with Gasteiger partial charge in [-0.25, -0.2) is 0 Å². The van der Waals surface area contributed by atoms with Gasteiger partial charge in [0.15, 0.2) is 11.4 Å². The fraction of sp³-hybridized carbons (Fsp3) is 0.222. The molecule has 1 amide bonds. The van der Waals surface area contributed by atoms with Crippen molar-refractivity contribution in [2.24, 2.45) is 5.92 Å². The van der Waals surface area contributed by atoms with Gasteiger partial charge in [-0.1, -0.05) is 30.1 Å². The van der Waals surface area contributed by atoms with Crippen LogP contribution in [0.4, 0.5) is 5.69 Å². The van der Waals surface area contributed by atoms with E-state index >= 15 is 0 Å². The highest BCUT2D eigenvalue weighted by Gasteiger charge is 2.52. The van der Waals surface area contributed by atoms with Crippen LogP contribution in [-0.4, -0.2) is 16.8 Å². The van der Waals surface area contributed by atoms with E-state index < -0.39 is 17.4 Å². The van der Waals surface area contributed by atoms with Crippen LogP contribution in [0, 0.1) is 12.8 Å². The van der Waals surface area contributed by atoms with Gasteiger partial charge in [-0.05, 0) is 48.9 Å². The molecule has 1 aliphatic rings. The number of aliphatic hydroxyl groups is 1. The van der Waals surface area contributed by atoms with Crippen molar-refractivity contribution >= 4 is 40.6 Å². The summed E-state index contributed by atoms with van der Waals surface area (Å²) in [7, 11) is 0. The molecule has 0 bridgehead atoms. The third-order valence-electron chi connectivity index (χ3n) is 4.44. The molecule has 0 unspecified atom stereocenters. The van der Waals surface area contributed by atoms with Crippen LogP contribution in [0.5, 0.6) is 0 Å². The fourth-order valence-electron chi connectivity index (χ4n) is 3.02. The third-order valence-corrected chi connectivity index (χ3v) is 4.91. The zero-order valence-electron chi connectivity index (χ0n) is 13.1. The number of hydrogen-bond donors (Lipinski definition) is 2. The Morgan fingerprint density at radius 2 is 1.79 bits per heavy atom. The summed E-state index contributed by atoms with van der Waals surface area (Å²) in [6.45, 7) is 3.31. The second-order valence-corrected chi connectivity index (χ2v) is 6.83. The van der Waals surface area contributed by atoms with Crippen LogP contribution in [0.3, 0.4) is 0 Å². The lowest BCUT2D eigenvalue weighted by Gasteiger charge is -2.27. The zero-order valence-corrected chi connectivity index (χ0v) is 14.6. The number of halogens is 2. The van der Waals surface area contributed by atoms with Crippen molar-refractivity contribution in [3.8, 4) is 0 Å². The van der Waals surface area contributed by atoms with Crippen molar-refractivity contribution in [1.29, 1.82) is 0 Å². The summed E-state index contributed by atoms with van der Waals surface area (Å²) < 4.78 is 0. The highest BCUT2D eigenvalue weighted by Crippen LogP contribution is 2.44. The minimum atomic E-state index is -1.97. The number of anilines is 1. The van der Waals surface area contributed by atoms with Gasteiger partial charge in [-0.15, -0.1) is 0 Å². The Bertz CT molecular complexity index is 848. The number of carbonyl (C=O) groups is 2. The van der Waals surface area contributed by atoms with Crippen LogP contribution < -0.4 is 5.32 Å². The normalized spacial score (nSPS) is 20.5. The monoisotopic (exact) mass is 363 g/mol. The number of hydrogen-bond acceptors (Lipinski definition) is 3. The molecule has 0 spiro atoms. The quantitative estimate of drug-likeness (QED) is 0.811. The molecule has 0 saturated heterocycles. The standard InChI is InChI=1S/C18H15Cl2NO3/c1-9-7-13(20)8-14-15(9)21-17(23)18(14,24)10(2)16(22)11-3-5-12(19)6-4-11/h3-8,10,24H,1-2H3,(H,21,23)/t10-,18+/m1/s1. The van der Waals surface area contributed by atoms with Gasteiger partial charge in [0, 0.05) is 21.2 Å². The lowest BCUT2D eigenvalue weighted by Crippen LogP contribution is -2.44. The molecule has 0 radical (unpaired) electrons. The van der Waals surface area contributed by atoms with Crippen LogP contribution in [-0.2, 0) is 10.4 Å². The fourth-order valence-corrected chi connectivity index (χ4v) is 3.42. The molecule has 24 heavy (non-hydrogen) atoms. The molecule has 1 aliphatic heterocycles. The average molecular weight is 364 g/mol. The number of carbonyl (C=O) groups excluding carboxylic acids is 2. The van der Waals surface area contributed by atoms with Crippen LogP contribution >= 0.6 is 23.2 Å². The summed E-state index contributed by atoms with van der Waals surface area (Å²) in [6.07, 6.45) is 0. The Labute approximate surface area is 149 Å². The number of amides is 1. The molecular weight excluding hydrogens is 349 g/mol. The number of ketones is 1. The van der Waals surface area contributed by atoms with Gasteiger partial charge in [-0.2, -0.15) is 0 Å². The number of rotatable bonds is 3. The Morgan fingerprint density at radius 3 is 2.42 bits per heavy atom. The SMILES string of the molecule is Cc1cc(Cl)cc2c1NC(=O)[C@]2(O)[C@H](C)C(=O)c1ccc(Cl)cc1. The molecule has 2 atom stereocenters. The topological polar surface area (TPSA) is 66.4 Å². The Kier molecular flexibility index (Phi) is 4.16. The highest BCUT2D eigenvalue weighted by molar-refractivity contribution is 6.31. The van der Waals surface area contributed by atoms with Crippen molar-refractivity contribution in [3.63, 3.8) is 0 Å². The lowest BCUT2D eigenvalue weighted by atomic mass is 9.79. The van der Waals surface area contributed by atoms with E-state index in [1.54, 1.807) is 37.3 Å². The van der Waals surface area contributed by atoms with Crippen molar-refractivity contribution < 1.29 is 14.7 Å². The van der Waals surface area contributed by atoms with E-state index in [0.717, 1.165) is 5.56 Å². The molecule has 2 aromatic carbocycles. The molecule has 0 aromatic heterocycles. The Morgan fingerprint density at radius 1 is 1.17 bits per heavy atom. The van der Waals surface area contributed by atoms with E-state index in [0.29, 0.717) is 26.9 Å². The summed E-state index contributed by atoms with van der Waals surface area (Å²) in [4.78, 5) is 25.2. The Hall–Kier alpha value is -1.88. The second kappa shape index (κ2) is 5.88. The largest absolute Gasteiger partial charge is 0.375 e. The summed E-state index contributed by atoms with van der Waals surface area (Å²) in [5, 5.41) is 14.7. The van der Waals surface area contributed by atoms with E-state index in [-0.39, 0.29) is 5.78 Å². The predicted octanol–water partition coefficient (Wildman–Crippen LogP) is 3.96. The van der Waals surface area contributed by atoms with Crippen LogP contribution in [0.25, 0.3) is 0 Å². The van der Waals surface area contributed by atoms with Gasteiger partial charge in [-0.3, -0.25) is 9.59 Å². The molecule has 1 heterocycles.